The number of amides is 1. The molecule has 31 heteroatoms. The fourth-order valence-electron chi connectivity index (χ4n) is 12.5. The number of thioether (sulfide) groups is 1. The molecule has 5 aliphatic rings. The molecule has 5 saturated heterocycles. The molecule has 0 bridgehead atoms. The number of carbonyl (C=O) groups is 6. The fourth-order valence-corrected chi connectivity index (χ4v) is 14.7. The zero-order valence-electron chi connectivity index (χ0n) is 56.5. The number of hydrogen-bond donors (Lipinski definition) is 0. The fraction of sp³-hybridized carbons (Fsp3) is 0.719. The molecule has 27 nitrogen and oxygen atoms in total. The van der Waals surface area contributed by atoms with Gasteiger partial charge in [-0.15, -0.1) is 11.8 Å². The van der Waals surface area contributed by atoms with E-state index in [2.05, 4.69) is 10.0 Å². The molecular formula is C64H93B2N4O23PS. The molecule has 2 aromatic rings. The first-order valence-corrected chi connectivity index (χ1v) is 34.9. The first-order valence-electron chi connectivity index (χ1n) is 32.4. The normalized spacial score (nSPS) is 32.7. The van der Waals surface area contributed by atoms with Gasteiger partial charge in [-0.05, 0) is 30.5 Å². The Morgan fingerprint density at radius 3 is 1.99 bits per heavy atom. The number of rotatable bonds is 31. The molecular weight excluding hydrogens is 1280 g/mol. The van der Waals surface area contributed by atoms with Gasteiger partial charge in [0.25, 0.3) is 0 Å². The Bertz CT molecular complexity index is 2900. The number of hydrogen-bond acceptors (Lipinski definition) is 25. The van der Waals surface area contributed by atoms with Crippen LogP contribution in [0.4, 0.5) is 4.79 Å². The van der Waals surface area contributed by atoms with Crippen LogP contribution in [0.25, 0.3) is 10.4 Å². The van der Waals surface area contributed by atoms with Crippen molar-refractivity contribution in [3.05, 3.63) is 82.2 Å². The molecule has 95 heavy (non-hydrogen) atoms. The summed E-state index contributed by atoms with van der Waals surface area (Å²) in [5.74, 6) is -7.94. The molecule has 2 aromatic carbocycles. The topological polar surface area (TPSA) is 319 Å². The van der Waals surface area contributed by atoms with Crippen molar-refractivity contribution >= 4 is 70.1 Å². The molecule has 0 N–H and O–H groups in total. The van der Waals surface area contributed by atoms with E-state index in [-0.39, 0.29) is 71.6 Å². The van der Waals surface area contributed by atoms with E-state index >= 15 is 0 Å². The summed E-state index contributed by atoms with van der Waals surface area (Å²) < 4.78 is 115. The van der Waals surface area contributed by atoms with Gasteiger partial charge in [-0.25, -0.2) is 9.59 Å². The molecule has 0 radical (unpaired) electrons. The Morgan fingerprint density at radius 2 is 1.39 bits per heavy atom. The molecule has 0 saturated carbocycles. The quantitative estimate of drug-likeness (QED) is 0.00798. The van der Waals surface area contributed by atoms with E-state index in [1.165, 1.54) is 32.7 Å². The van der Waals surface area contributed by atoms with Gasteiger partial charge in [0.15, 0.2) is 0 Å². The van der Waals surface area contributed by atoms with Crippen molar-refractivity contribution in [2.75, 3.05) is 38.6 Å². The number of nitrogens with zero attached hydrogens (tertiary/aromatic N) is 4. The zero-order chi connectivity index (χ0) is 69.1. The molecule has 5 fully saturated rings. The third kappa shape index (κ3) is 21.1. The molecule has 22 atom stereocenters. The summed E-state index contributed by atoms with van der Waals surface area (Å²) >= 11 is 1.38. The average Bonchev–Trinajstić information content (AvgIpc) is 1.57. The number of methoxy groups -OCH3 is 1. The van der Waals surface area contributed by atoms with Gasteiger partial charge in [0.1, 0.15) is 6.61 Å². The van der Waals surface area contributed by atoms with E-state index in [0.29, 0.717) is 19.3 Å². The first-order chi connectivity index (χ1) is 45.3. The van der Waals surface area contributed by atoms with Crippen molar-refractivity contribution in [3.8, 4) is 0 Å². The van der Waals surface area contributed by atoms with E-state index in [4.69, 9.17) is 75.8 Å². The molecule has 5 aliphatic heterocycles. The van der Waals surface area contributed by atoms with Crippen LogP contribution in [0.15, 0.2) is 65.8 Å². The molecule has 524 valence electrons. The van der Waals surface area contributed by atoms with E-state index in [1.54, 1.807) is 18.7 Å². The van der Waals surface area contributed by atoms with Gasteiger partial charge in [-0.3, -0.25) is 19.3 Å². The van der Waals surface area contributed by atoms with Crippen LogP contribution in [-0.4, -0.2) is 203 Å². The first kappa shape index (κ1) is 77.0. The predicted octanol–water partition coefficient (Wildman–Crippen LogP) is 7.83. The predicted molar refractivity (Wildman–Crippen MR) is 345 cm³/mol. The van der Waals surface area contributed by atoms with Crippen molar-refractivity contribution in [2.24, 2.45) is 28.8 Å². The SMILES string of the molecule is CC[C@H](C)C1O[C@H](O[C@H]2C([C@H]3COC(C)(C)O3)O[C@@](OCCSCN(Cc3ccccc3)C(=O)OCc3ccccc3)(C(=O)OC)C[C@H]2C)C(OC(C)=O)[C@@H](O[C@H]2O[C@@H]([C@@H](C)CC)CC(C)C2O[C@H]2OC(COC(C)=O)[C@@H](OC(C)=O)C(OC(C)=O)[C@H]2N=[N+]=[N-])[C@@H]1PBB=O. The van der Waals surface area contributed by atoms with E-state index in [1.807, 2.05) is 102 Å². The van der Waals surface area contributed by atoms with Gasteiger partial charge < -0.3 is 18.9 Å². The maximum atomic E-state index is 14.4. The Labute approximate surface area is 562 Å². The summed E-state index contributed by atoms with van der Waals surface area (Å²) in [7, 11) is 1.85. The minimum atomic E-state index is -2.03. The summed E-state index contributed by atoms with van der Waals surface area (Å²) in [6.07, 6.45) is -15.7. The van der Waals surface area contributed by atoms with Gasteiger partial charge in [0, 0.05) is 33.1 Å². The van der Waals surface area contributed by atoms with Gasteiger partial charge in [0.2, 0.25) is 0 Å². The van der Waals surface area contributed by atoms with Crippen molar-refractivity contribution in [1.29, 1.82) is 0 Å². The van der Waals surface area contributed by atoms with Crippen LogP contribution in [0.5, 0.6) is 0 Å². The monoisotopic (exact) mass is 1370 g/mol. The van der Waals surface area contributed by atoms with Gasteiger partial charge in [-0.1, -0.05) is 60.7 Å². The second-order valence-corrected chi connectivity index (χ2v) is 27.7. The molecule has 1 amide bonds. The van der Waals surface area contributed by atoms with Gasteiger partial charge >= 0.3 is 355 Å². The van der Waals surface area contributed by atoms with Crippen molar-refractivity contribution in [1.82, 2.24) is 4.90 Å². The maximum absolute atomic E-state index is 14.4. The van der Waals surface area contributed by atoms with E-state index < -0.39 is 164 Å². The second kappa shape index (κ2) is 36.5. The zero-order valence-corrected chi connectivity index (χ0v) is 58.3. The van der Waals surface area contributed by atoms with Crippen molar-refractivity contribution in [2.45, 2.75) is 231 Å². The molecule has 5 heterocycles. The number of ether oxygens (including phenoxy) is 16. The molecule has 0 aromatic heterocycles. The van der Waals surface area contributed by atoms with Crippen LogP contribution >= 0.6 is 20.2 Å². The van der Waals surface area contributed by atoms with Crippen molar-refractivity contribution < 1.29 is 109 Å². The number of esters is 5. The minimum absolute atomic E-state index is 0.0122. The van der Waals surface area contributed by atoms with Crippen LogP contribution in [0.3, 0.4) is 0 Å². The van der Waals surface area contributed by atoms with Crippen LogP contribution in [0.2, 0.25) is 0 Å². The Morgan fingerprint density at radius 1 is 0.768 bits per heavy atom. The van der Waals surface area contributed by atoms with Crippen LogP contribution in [-0.2, 0) is 118 Å². The summed E-state index contributed by atoms with van der Waals surface area (Å²) in [6, 6.07) is 17.4. The number of benzene rings is 2. The Hall–Kier alpha value is -5.32. The van der Waals surface area contributed by atoms with Gasteiger partial charge in [-0.2, -0.15) is 0 Å². The molecule has 7 rings (SSSR count). The third-order valence-corrected chi connectivity index (χ3v) is 19.9. The van der Waals surface area contributed by atoms with Crippen LogP contribution in [0.1, 0.15) is 120 Å². The summed E-state index contributed by atoms with van der Waals surface area (Å²) in [5, 5.41) is 3.97. The molecule has 0 spiro atoms. The third-order valence-electron chi connectivity index (χ3n) is 17.5. The van der Waals surface area contributed by atoms with Crippen molar-refractivity contribution in [3.63, 3.8) is 0 Å². The average molecular weight is 1370 g/mol. The standard InChI is InChI=1S/C64H93B2N4O23PS/c1-14-35(3)45-28-37(5)51(90-58-48(68-69-67)54(84-41(9)73)52(83-40(8)72)46(87-58)32-79-39(7)71)59(86-45)91-55-56(85-42(10)74)60(89-50(36(4)15-2)57(55)94-66-65-77)88-49-38(6)29-64(61(75)78-13,93-53(49)47-33-82-63(11,12)92-47)81-26-27-95-34-70(30-43-22-18-16-19-23-43)62(76)80-31-44-24-20-17-21-25-44/h16-25,35-38,45-60,66,94H,14-15,26-34H2,1-13H3/t35-,36-,37?,38+,45+,46?,47+,48+,49+,50?,51?,52+,53?,54?,55+,56?,57+,58+,59+,60-,64+/m0/s1. The number of carbonyl (C=O) groups excluding carboxylic acids is 6. The molecule has 0 aliphatic carbocycles. The Balaban J connectivity index is 1.22. The summed E-state index contributed by atoms with van der Waals surface area (Å²) in [5.41, 5.74) is 11.1. The summed E-state index contributed by atoms with van der Waals surface area (Å²) in [6.45, 7) is 19.7. The second-order valence-electron chi connectivity index (χ2n) is 25.1. The molecule has 8 unspecified atom stereocenters. The Kier molecular flexibility index (Phi) is 29.6. The number of azide groups is 1. The summed E-state index contributed by atoms with van der Waals surface area (Å²) in [4.78, 5) is 84.0. The van der Waals surface area contributed by atoms with Gasteiger partial charge in [0.05, 0.1) is 19.6 Å². The van der Waals surface area contributed by atoms with E-state index in [9.17, 15) is 39.0 Å². The van der Waals surface area contributed by atoms with Crippen LogP contribution < -0.4 is 0 Å². The van der Waals surface area contributed by atoms with Crippen LogP contribution in [0, 0.1) is 23.7 Å². The van der Waals surface area contributed by atoms with E-state index in [0.717, 1.165) is 32.0 Å².